The summed E-state index contributed by atoms with van der Waals surface area (Å²) in [6, 6.07) is 13.1. The van der Waals surface area contributed by atoms with Crippen molar-refractivity contribution in [2.24, 2.45) is 5.92 Å². The lowest BCUT2D eigenvalue weighted by atomic mass is 9.91. The molecular weight excluding hydrogens is 379 g/mol. The van der Waals surface area contributed by atoms with Gasteiger partial charge in [0.05, 0.1) is 6.61 Å². The van der Waals surface area contributed by atoms with E-state index in [-0.39, 0.29) is 23.7 Å². The number of halogens is 1. The maximum Gasteiger partial charge on any atom is 0.222 e. The van der Waals surface area contributed by atoms with E-state index < -0.39 is 0 Å². The van der Waals surface area contributed by atoms with Crippen LogP contribution in [0.3, 0.4) is 0 Å². The molecule has 0 saturated heterocycles. The molecule has 0 spiro atoms. The molecule has 1 aliphatic rings. The second-order valence-electron chi connectivity index (χ2n) is 8.36. The third kappa shape index (κ3) is 4.07. The van der Waals surface area contributed by atoms with E-state index in [4.69, 9.17) is 4.74 Å². The van der Waals surface area contributed by atoms with Crippen molar-refractivity contribution >= 4 is 16.8 Å². The van der Waals surface area contributed by atoms with Gasteiger partial charge in [-0.25, -0.2) is 4.39 Å². The number of nitrogens with one attached hydrogen (secondary N) is 1. The van der Waals surface area contributed by atoms with E-state index in [1.807, 2.05) is 32.9 Å². The van der Waals surface area contributed by atoms with E-state index in [1.54, 1.807) is 12.1 Å². The first-order chi connectivity index (χ1) is 14.5. The van der Waals surface area contributed by atoms with E-state index in [1.165, 1.54) is 17.3 Å². The van der Waals surface area contributed by atoms with Crippen LogP contribution in [0.15, 0.2) is 42.5 Å². The minimum absolute atomic E-state index is 0.0229. The standard InChI is InChI=1S/C25H29FN2O2/c1-4-30-20-9-11-24-22(14-20)21-13-19(27-25(29)16(2)3)8-10-23(21)28(24)15-17-6-5-7-18(26)12-17/h5-7,9,11-12,14,16,19H,4,8,10,13,15H2,1-3H3,(H,27,29). The number of aromatic nitrogens is 1. The zero-order valence-electron chi connectivity index (χ0n) is 17.9. The summed E-state index contributed by atoms with van der Waals surface area (Å²) < 4.78 is 21.8. The lowest BCUT2D eigenvalue weighted by molar-refractivity contribution is -0.124. The molecule has 1 atom stereocenters. The van der Waals surface area contributed by atoms with E-state index in [0.29, 0.717) is 13.2 Å². The number of carbonyl (C=O) groups excluding carboxylic acids is 1. The second-order valence-corrected chi connectivity index (χ2v) is 8.36. The van der Waals surface area contributed by atoms with Crippen LogP contribution < -0.4 is 10.1 Å². The average Bonchev–Trinajstić information content (AvgIpc) is 3.01. The van der Waals surface area contributed by atoms with Crippen LogP contribution in [0.4, 0.5) is 4.39 Å². The molecule has 0 radical (unpaired) electrons. The first kappa shape index (κ1) is 20.5. The molecule has 0 fully saturated rings. The zero-order valence-corrected chi connectivity index (χ0v) is 17.9. The zero-order chi connectivity index (χ0) is 21.3. The van der Waals surface area contributed by atoms with Gasteiger partial charge in [0.15, 0.2) is 0 Å². The predicted molar refractivity (Wildman–Crippen MR) is 117 cm³/mol. The molecule has 1 N–H and O–H groups in total. The third-order valence-corrected chi connectivity index (χ3v) is 5.85. The van der Waals surface area contributed by atoms with Crippen molar-refractivity contribution in [3.05, 3.63) is 65.1 Å². The Balaban J connectivity index is 1.75. The molecular formula is C25H29FN2O2. The van der Waals surface area contributed by atoms with E-state index >= 15 is 0 Å². The Morgan fingerprint density at radius 2 is 2.10 bits per heavy atom. The number of nitrogens with zero attached hydrogens (tertiary/aromatic N) is 1. The number of amides is 1. The predicted octanol–water partition coefficient (Wildman–Crippen LogP) is 4.86. The summed E-state index contributed by atoms with van der Waals surface area (Å²) in [5.41, 5.74) is 4.61. The average molecular weight is 409 g/mol. The number of ether oxygens (including phenoxy) is 1. The molecule has 0 aliphatic heterocycles. The molecule has 0 saturated carbocycles. The monoisotopic (exact) mass is 408 g/mol. The molecule has 1 heterocycles. The summed E-state index contributed by atoms with van der Waals surface area (Å²) in [4.78, 5) is 12.2. The molecule has 4 rings (SSSR count). The molecule has 1 aromatic heterocycles. The fourth-order valence-corrected chi connectivity index (χ4v) is 4.38. The smallest absolute Gasteiger partial charge is 0.222 e. The van der Waals surface area contributed by atoms with E-state index in [0.717, 1.165) is 41.5 Å². The van der Waals surface area contributed by atoms with Crippen molar-refractivity contribution in [2.75, 3.05) is 6.61 Å². The molecule has 3 aromatic rings. The quantitative estimate of drug-likeness (QED) is 0.633. The Morgan fingerprint density at radius 1 is 1.27 bits per heavy atom. The molecule has 4 nitrogen and oxygen atoms in total. The Labute approximate surface area is 177 Å². The van der Waals surface area contributed by atoms with Crippen molar-refractivity contribution in [1.29, 1.82) is 0 Å². The highest BCUT2D eigenvalue weighted by Crippen LogP contribution is 2.35. The highest BCUT2D eigenvalue weighted by molar-refractivity contribution is 5.87. The van der Waals surface area contributed by atoms with Gasteiger partial charge in [0, 0.05) is 35.1 Å². The summed E-state index contributed by atoms with van der Waals surface area (Å²) in [7, 11) is 0. The molecule has 1 amide bonds. The molecule has 1 aliphatic carbocycles. The second kappa shape index (κ2) is 8.50. The van der Waals surface area contributed by atoms with Crippen LogP contribution in [-0.2, 0) is 24.2 Å². The number of hydrogen-bond acceptors (Lipinski definition) is 2. The van der Waals surface area contributed by atoms with Crippen LogP contribution >= 0.6 is 0 Å². The van der Waals surface area contributed by atoms with E-state index in [9.17, 15) is 9.18 Å². The Kier molecular flexibility index (Phi) is 5.80. The Bertz CT molecular complexity index is 1070. The molecule has 2 aromatic carbocycles. The largest absolute Gasteiger partial charge is 0.494 e. The van der Waals surface area contributed by atoms with Crippen LogP contribution in [0.2, 0.25) is 0 Å². The van der Waals surface area contributed by atoms with Crippen molar-refractivity contribution < 1.29 is 13.9 Å². The number of rotatable bonds is 6. The summed E-state index contributed by atoms with van der Waals surface area (Å²) in [6.07, 6.45) is 2.59. The SMILES string of the molecule is CCOc1ccc2c(c1)c1c(n2Cc2cccc(F)c2)CCC(NC(=O)C(C)C)C1. The number of benzene rings is 2. The minimum Gasteiger partial charge on any atom is -0.494 e. The molecule has 5 heteroatoms. The van der Waals surface area contributed by atoms with Gasteiger partial charge in [-0.05, 0) is 67.6 Å². The van der Waals surface area contributed by atoms with Gasteiger partial charge >= 0.3 is 0 Å². The fourth-order valence-electron chi connectivity index (χ4n) is 4.38. The van der Waals surface area contributed by atoms with Crippen LogP contribution in [-0.4, -0.2) is 23.1 Å². The highest BCUT2D eigenvalue weighted by Gasteiger charge is 2.27. The normalized spacial score (nSPS) is 16.0. The number of hydrogen-bond donors (Lipinski definition) is 1. The van der Waals surface area contributed by atoms with Gasteiger partial charge in [0.2, 0.25) is 5.91 Å². The van der Waals surface area contributed by atoms with Crippen molar-refractivity contribution in [3.63, 3.8) is 0 Å². The molecule has 1 unspecified atom stereocenters. The van der Waals surface area contributed by atoms with Crippen LogP contribution in [0.5, 0.6) is 5.75 Å². The lowest BCUT2D eigenvalue weighted by Gasteiger charge is -2.26. The topological polar surface area (TPSA) is 43.3 Å². The van der Waals surface area contributed by atoms with Gasteiger partial charge in [0.25, 0.3) is 0 Å². The number of fused-ring (bicyclic) bond motifs is 3. The van der Waals surface area contributed by atoms with Crippen molar-refractivity contribution in [3.8, 4) is 5.75 Å². The van der Waals surface area contributed by atoms with Gasteiger partial charge in [-0.1, -0.05) is 26.0 Å². The summed E-state index contributed by atoms with van der Waals surface area (Å²) in [6.45, 7) is 7.06. The van der Waals surface area contributed by atoms with Gasteiger partial charge in [-0.3, -0.25) is 4.79 Å². The maximum absolute atomic E-state index is 13.8. The summed E-state index contributed by atoms with van der Waals surface area (Å²) >= 11 is 0. The minimum atomic E-state index is -0.215. The van der Waals surface area contributed by atoms with Crippen molar-refractivity contribution in [2.45, 2.75) is 52.6 Å². The molecule has 158 valence electrons. The number of carbonyl (C=O) groups is 1. The lowest BCUT2D eigenvalue weighted by Crippen LogP contribution is -2.41. The van der Waals surface area contributed by atoms with Crippen LogP contribution in [0.25, 0.3) is 10.9 Å². The Hall–Kier alpha value is -2.82. The van der Waals surface area contributed by atoms with E-state index in [2.05, 4.69) is 22.0 Å². The van der Waals surface area contributed by atoms with Gasteiger partial charge in [-0.2, -0.15) is 0 Å². The summed E-state index contributed by atoms with van der Waals surface area (Å²) in [5, 5.41) is 4.36. The van der Waals surface area contributed by atoms with Crippen LogP contribution in [0.1, 0.15) is 44.0 Å². The maximum atomic E-state index is 13.8. The fraction of sp³-hybridized carbons (Fsp3) is 0.400. The summed E-state index contributed by atoms with van der Waals surface area (Å²) in [5.74, 6) is 0.712. The highest BCUT2D eigenvalue weighted by atomic mass is 19.1. The Morgan fingerprint density at radius 3 is 2.83 bits per heavy atom. The first-order valence-electron chi connectivity index (χ1n) is 10.8. The first-order valence-corrected chi connectivity index (χ1v) is 10.8. The van der Waals surface area contributed by atoms with Gasteiger partial charge < -0.3 is 14.6 Å². The van der Waals surface area contributed by atoms with Crippen LogP contribution in [0, 0.1) is 11.7 Å². The molecule has 0 bridgehead atoms. The van der Waals surface area contributed by atoms with Gasteiger partial charge in [-0.15, -0.1) is 0 Å². The molecule has 30 heavy (non-hydrogen) atoms. The van der Waals surface area contributed by atoms with Gasteiger partial charge in [0.1, 0.15) is 11.6 Å². The van der Waals surface area contributed by atoms with Crippen molar-refractivity contribution in [1.82, 2.24) is 9.88 Å². The third-order valence-electron chi connectivity index (χ3n) is 5.85.